The first-order valence-corrected chi connectivity index (χ1v) is 4.05. The molecule has 0 unspecified atom stereocenters. The van der Waals surface area contributed by atoms with Crippen molar-refractivity contribution < 1.29 is 9.84 Å². The summed E-state index contributed by atoms with van der Waals surface area (Å²) in [5.74, 6) is 0.939. The molecule has 1 rings (SSSR count). The Balaban J connectivity index is 1.76. The second-order valence-electron chi connectivity index (χ2n) is 3.16. The minimum atomic E-state index is -0.306. The summed E-state index contributed by atoms with van der Waals surface area (Å²) >= 11 is 0. The summed E-state index contributed by atoms with van der Waals surface area (Å²) in [5.41, 5.74) is 0. The Labute approximate surface area is 62.2 Å². The average Bonchev–Trinajstić information content (AvgIpc) is 2.62. The third kappa shape index (κ3) is 3.85. The summed E-state index contributed by atoms with van der Waals surface area (Å²) in [6, 6.07) is 0. The molecule has 0 aromatic heterocycles. The number of aliphatic hydroxyl groups is 1. The SMILES string of the molecule is C[C@H](O)COCCC1CC1. The minimum absolute atomic E-state index is 0.306. The van der Waals surface area contributed by atoms with Crippen LogP contribution >= 0.6 is 0 Å². The Bertz CT molecular complexity index is 83.3. The summed E-state index contributed by atoms with van der Waals surface area (Å²) in [5, 5.41) is 8.81. The van der Waals surface area contributed by atoms with Crippen molar-refractivity contribution >= 4 is 0 Å². The number of rotatable bonds is 5. The highest BCUT2D eigenvalue weighted by atomic mass is 16.5. The second-order valence-corrected chi connectivity index (χ2v) is 3.16. The molecule has 0 radical (unpaired) electrons. The molecule has 2 nitrogen and oxygen atoms in total. The Morgan fingerprint density at radius 1 is 1.60 bits per heavy atom. The molecule has 1 saturated carbocycles. The average molecular weight is 144 g/mol. The van der Waals surface area contributed by atoms with E-state index in [0.717, 1.165) is 12.5 Å². The van der Waals surface area contributed by atoms with Gasteiger partial charge in [-0.3, -0.25) is 0 Å². The Morgan fingerprint density at radius 3 is 2.80 bits per heavy atom. The van der Waals surface area contributed by atoms with E-state index in [2.05, 4.69) is 0 Å². The monoisotopic (exact) mass is 144 g/mol. The number of hydrogen-bond donors (Lipinski definition) is 1. The predicted octanol–water partition coefficient (Wildman–Crippen LogP) is 1.18. The lowest BCUT2D eigenvalue weighted by Crippen LogP contribution is -2.11. The molecular formula is C8H16O2. The first-order chi connectivity index (χ1) is 4.79. The summed E-state index contributed by atoms with van der Waals surface area (Å²) in [4.78, 5) is 0. The number of hydrogen-bond acceptors (Lipinski definition) is 2. The number of aliphatic hydroxyl groups excluding tert-OH is 1. The summed E-state index contributed by atoms with van der Waals surface area (Å²) in [6.07, 6.45) is 3.65. The Kier molecular flexibility index (Phi) is 3.16. The molecule has 1 N–H and O–H groups in total. The molecule has 0 aromatic carbocycles. The van der Waals surface area contributed by atoms with Gasteiger partial charge in [0.05, 0.1) is 12.7 Å². The van der Waals surface area contributed by atoms with Crippen LogP contribution in [-0.2, 0) is 4.74 Å². The highest BCUT2D eigenvalue weighted by Gasteiger charge is 2.20. The van der Waals surface area contributed by atoms with Gasteiger partial charge in [-0.25, -0.2) is 0 Å². The zero-order valence-corrected chi connectivity index (χ0v) is 6.55. The summed E-state index contributed by atoms with van der Waals surface area (Å²) in [7, 11) is 0. The highest BCUT2D eigenvalue weighted by Crippen LogP contribution is 2.31. The molecule has 1 aliphatic rings. The van der Waals surface area contributed by atoms with Crippen molar-refractivity contribution in [3.63, 3.8) is 0 Å². The Hall–Kier alpha value is -0.0800. The normalized spacial score (nSPS) is 21.0. The third-order valence-electron chi connectivity index (χ3n) is 1.73. The lowest BCUT2D eigenvalue weighted by Gasteiger charge is -2.04. The smallest absolute Gasteiger partial charge is 0.0745 e. The third-order valence-corrected chi connectivity index (χ3v) is 1.73. The van der Waals surface area contributed by atoms with E-state index in [-0.39, 0.29) is 6.10 Å². The van der Waals surface area contributed by atoms with Gasteiger partial charge in [0.25, 0.3) is 0 Å². The van der Waals surface area contributed by atoms with E-state index in [4.69, 9.17) is 9.84 Å². The van der Waals surface area contributed by atoms with Crippen LogP contribution in [0.25, 0.3) is 0 Å². The number of ether oxygens (including phenoxy) is 1. The molecule has 60 valence electrons. The quantitative estimate of drug-likeness (QED) is 0.587. The lowest BCUT2D eigenvalue weighted by molar-refractivity contribution is 0.0437. The van der Waals surface area contributed by atoms with Gasteiger partial charge in [0.2, 0.25) is 0 Å². The minimum Gasteiger partial charge on any atom is -0.391 e. The van der Waals surface area contributed by atoms with Crippen molar-refractivity contribution in [2.75, 3.05) is 13.2 Å². The van der Waals surface area contributed by atoms with Crippen LogP contribution in [0, 0.1) is 5.92 Å². The van der Waals surface area contributed by atoms with Gasteiger partial charge in [-0.15, -0.1) is 0 Å². The molecule has 0 saturated heterocycles. The molecule has 0 heterocycles. The van der Waals surface area contributed by atoms with Crippen molar-refractivity contribution in [2.45, 2.75) is 32.3 Å². The maximum Gasteiger partial charge on any atom is 0.0745 e. The van der Waals surface area contributed by atoms with Crippen LogP contribution in [0.2, 0.25) is 0 Å². The van der Waals surface area contributed by atoms with Crippen LogP contribution in [-0.4, -0.2) is 24.4 Å². The van der Waals surface area contributed by atoms with Crippen molar-refractivity contribution in [1.82, 2.24) is 0 Å². The Morgan fingerprint density at radius 2 is 2.30 bits per heavy atom. The van der Waals surface area contributed by atoms with Crippen LogP contribution in [0.1, 0.15) is 26.2 Å². The molecule has 0 bridgehead atoms. The van der Waals surface area contributed by atoms with Gasteiger partial charge in [0.15, 0.2) is 0 Å². The largest absolute Gasteiger partial charge is 0.391 e. The van der Waals surface area contributed by atoms with Crippen molar-refractivity contribution in [1.29, 1.82) is 0 Å². The van der Waals surface area contributed by atoms with Crippen molar-refractivity contribution in [3.05, 3.63) is 0 Å². The zero-order valence-electron chi connectivity index (χ0n) is 6.55. The van der Waals surface area contributed by atoms with Crippen LogP contribution in [0.3, 0.4) is 0 Å². The molecule has 1 aliphatic carbocycles. The van der Waals surface area contributed by atoms with E-state index in [1.807, 2.05) is 0 Å². The second kappa shape index (κ2) is 3.94. The van der Waals surface area contributed by atoms with Crippen LogP contribution in [0.5, 0.6) is 0 Å². The molecule has 2 heteroatoms. The maximum atomic E-state index is 8.81. The maximum absolute atomic E-state index is 8.81. The van der Waals surface area contributed by atoms with E-state index in [1.165, 1.54) is 19.3 Å². The van der Waals surface area contributed by atoms with Gasteiger partial charge in [-0.1, -0.05) is 12.8 Å². The molecule has 0 aliphatic heterocycles. The molecule has 0 aromatic rings. The molecule has 1 fully saturated rings. The first-order valence-electron chi connectivity index (χ1n) is 4.05. The van der Waals surface area contributed by atoms with Crippen LogP contribution in [0.4, 0.5) is 0 Å². The summed E-state index contributed by atoms with van der Waals surface area (Å²) < 4.78 is 5.20. The molecule has 1 atom stereocenters. The molecule has 0 spiro atoms. The van der Waals surface area contributed by atoms with Gasteiger partial charge in [-0.2, -0.15) is 0 Å². The fourth-order valence-electron chi connectivity index (χ4n) is 0.910. The van der Waals surface area contributed by atoms with Gasteiger partial charge in [-0.05, 0) is 19.3 Å². The van der Waals surface area contributed by atoms with E-state index in [0.29, 0.717) is 6.61 Å². The fourth-order valence-corrected chi connectivity index (χ4v) is 0.910. The van der Waals surface area contributed by atoms with Gasteiger partial charge >= 0.3 is 0 Å². The van der Waals surface area contributed by atoms with Crippen LogP contribution in [0.15, 0.2) is 0 Å². The zero-order chi connectivity index (χ0) is 7.40. The predicted molar refractivity (Wildman–Crippen MR) is 39.8 cm³/mol. The summed E-state index contributed by atoms with van der Waals surface area (Å²) in [6.45, 7) is 3.07. The van der Waals surface area contributed by atoms with E-state index in [9.17, 15) is 0 Å². The van der Waals surface area contributed by atoms with E-state index >= 15 is 0 Å². The lowest BCUT2D eigenvalue weighted by atomic mass is 10.3. The van der Waals surface area contributed by atoms with Gasteiger partial charge < -0.3 is 9.84 Å². The molecule has 0 amide bonds. The highest BCUT2D eigenvalue weighted by molar-refractivity contribution is 4.72. The fraction of sp³-hybridized carbons (Fsp3) is 1.00. The molecule has 10 heavy (non-hydrogen) atoms. The topological polar surface area (TPSA) is 29.5 Å². The van der Waals surface area contributed by atoms with Crippen molar-refractivity contribution in [3.8, 4) is 0 Å². The van der Waals surface area contributed by atoms with Crippen LogP contribution < -0.4 is 0 Å². The first kappa shape index (κ1) is 8.02. The van der Waals surface area contributed by atoms with E-state index in [1.54, 1.807) is 6.92 Å². The molecular weight excluding hydrogens is 128 g/mol. The van der Waals surface area contributed by atoms with Crippen molar-refractivity contribution in [2.24, 2.45) is 5.92 Å². The standard InChI is InChI=1S/C8H16O2/c1-7(9)6-10-5-4-8-2-3-8/h7-9H,2-6H2,1H3/t7-/m0/s1. The van der Waals surface area contributed by atoms with Gasteiger partial charge in [0.1, 0.15) is 0 Å². The van der Waals surface area contributed by atoms with Gasteiger partial charge in [0, 0.05) is 6.61 Å². The van der Waals surface area contributed by atoms with E-state index < -0.39 is 0 Å².